The van der Waals surface area contributed by atoms with Gasteiger partial charge in [0.1, 0.15) is 6.54 Å². The molecule has 9 heteroatoms. The van der Waals surface area contributed by atoms with E-state index in [1.54, 1.807) is 0 Å². The molecule has 0 unspecified atom stereocenters. The van der Waals surface area contributed by atoms with E-state index in [0.717, 1.165) is 10.6 Å². The first-order chi connectivity index (χ1) is 9.86. The number of halogens is 2. The molecule has 2 rings (SSSR count). The van der Waals surface area contributed by atoms with Gasteiger partial charge >= 0.3 is 5.69 Å². The summed E-state index contributed by atoms with van der Waals surface area (Å²) in [5.74, 6) is -0.530. The van der Waals surface area contributed by atoms with Crippen molar-refractivity contribution < 1.29 is 4.79 Å². The minimum Gasteiger partial charge on any atom is -0.399 e. The summed E-state index contributed by atoms with van der Waals surface area (Å²) in [6.07, 6.45) is 1.22. The lowest BCUT2D eigenvalue weighted by Crippen LogP contribution is -2.32. The zero-order valence-corrected chi connectivity index (χ0v) is 12.0. The van der Waals surface area contributed by atoms with Gasteiger partial charge in [0.05, 0.1) is 15.7 Å². The second kappa shape index (κ2) is 6.02. The van der Waals surface area contributed by atoms with Crippen molar-refractivity contribution in [2.24, 2.45) is 0 Å². The van der Waals surface area contributed by atoms with Gasteiger partial charge in [0, 0.05) is 18.0 Å². The molecule has 1 aromatic heterocycles. The third-order valence-corrected chi connectivity index (χ3v) is 3.14. The van der Waals surface area contributed by atoms with E-state index in [0.29, 0.717) is 5.69 Å². The predicted molar refractivity (Wildman–Crippen MR) is 80.8 cm³/mol. The molecule has 0 aliphatic rings. The van der Waals surface area contributed by atoms with Crippen LogP contribution < -0.4 is 22.3 Å². The van der Waals surface area contributed by atoms with E-state index in [2.05, 4.69) is 5.32 Å². The Hall–Kier alpha value is -2.25. The molecule has 0 bridgehead atoms. The van der Waals surface area contributed by atoms with Crippen LogP contribution in [0.1, 0.15) is 0 Å². The minimum atomic E-state index is -0.688. The highest BCUT2D eigenvalue weighted by atomic mass is 35.5. The summed E-state index contributed by atoms with van der Waals surface area (Å²) in [4.78, 5) is 36.3. The van der Waals surface area contributed by atoms with E-state index in [4.69, 9.17) is 28.9 Å². The molecule has 21 heavy (non-hydrogen) atoms. The third kappa shape index (κ3) is 3.65. The smallest absolute Gasteiger partial charge is 0.328 e. The number of benzene rings is 1. The number of carbonyl (C=O) groups excluding carboxylic acids is 1. The number of hydrogen-bond donors (Lipinski definition) is 3. The molecule has 110 valence electrons. The Labute approximate surface area is 128 Å². The molecule has 1 aromatic carbocycles. The lowest BCUT2D eigenvalue weighted by molar-refractivity contribution is -0.116. The fourth-order valence-corrected chi connectivity index (χ4v) is 2.21. The van der Waals surface area contributed by atoms with E-state index in [1.807, 2.05) is 4.98 Å². The molecule has 0 spiro atoms. The van der Waals surface area contributed by atoms with Gasteiger partial charge in [-0.1, -0.05) is 23.2 Å². The highest BCUT2D eigenvalue weighted by molar-refractivity contribution is 6.40. The van der Waals surface area contributed by atoms with Crippen LogP contribution in [0.3, 0.4) is 0 Å². The Balaban J connectivity index is 2.19. The van der Waals surface area contributed by atoms with Crippen molar-refractivity contribution in [2.45, 2.75) is 6.54 Å². The van der Waals surface area contributed by atoms with Crippen molar-refractivity contribution in [1.29, 1.82) is 0 Å². The number of amides is 1. The maximum absolute atomic E-state index is 11.9. The summed E-state index contributed by atoms with van der Waals surface area (Å²) in [5, 5.41) is 2.85. The number of nitrogen functional groups attached to an aromatic ring is 1. The number of aromatic nitrogens is 2. The first-order valence-electron chi connectivity index (χ1n) is 5.71. The monoisotopic (exact) mass is 328 g/mol. The molecule has 2 aromatic rings. The van der Waals surface area contributed by atoms with Gasteiger partial charge in [-0.25, -0.2) is 4.79 Å². The van der Waals surface area contributed by atoms with Crippen LogP contribution in [-0.4, -0.2) is 15.5 Å². The number of hydrogen-bond acceptors (Lipinski definition) is 4. The third-order valence-electron chi connectivity index (χ3n) is 2.54. The molecule has 0 atom stereocenters. The average molecular weight is 329 g/mol. The van der Waals surface area contributed by atoms with E-state index in [1.165, 1.54) is 18.3 Å². The summed E-state index contributed by atoms with van der Waals surface area (Å²) in [6, 6.07) is 4.02. The molecule has 0 saturated carbocycles. The van der Waals surface area contributed by atoms with Gasteiger partial charge in [0.15, 0.2) is 0 Å². The molecule has 0 saturated heterocycles. The second-order valence-corrected chi connectivity index (χ2v) is 4.96. The molecule has 0 radical (unpaired) electrons. The predicted octanol–water partition coefficient (Wildman–Crippen LogP) is 1.06. The molecule has 0 aliphatic carbocycles. The number of nitrogens with one attached hydrogen (secondary N) is 2. The highest BCUT2D eigenvalue weighted by Gasteiger charge is 2.12. The number of rotatable bonds is 3. The Bertz CT molecular complexity index is 790. The maximum atomic E-state index is 11.9. The minimum absolute atomic E-state index is 0.183. The molecular formula is C12H10Cl2N4O3. The van der Waals surface area contributed by atoms with Gasteiger partial charge in [0.25, 0.3) is 5.56 Å². The summed E-state index contributed by atoms with van der Waals surface area (Å²) in [6.45, 7) is -0.299. The standard InChI is InChI=1S/C12H10Cl2N4O3/c13-7-3-6(15)4-8(14)11(7)16-10(20)5-18-2-1-9(19)17-12(18)21/h1-4H,5,15H2,(H,16,20)(H,17,19,21). The largest absolute Gasteiger partial charge is 0.399 e. The van der Waals surface area contributed by atoms with Crippen LogP contribution >= 0.6 is 23.2 Å². The Morgan fingerprint density at radius 3 is 2.48 bits per heavy atom. The molecule has 0 aliphatic heterocycles. The van der Waals surface area contributed by atoms with Gasteiger partial charge in [-0.3, -0.25) is 19.1 Å². The van der Waals surface area contributed by atoms with Crippen LogP contribution in [-0.2, 0) is 11.3 Å². The first-order valence-corrected chi connectivity index (χ1v) is 6.46. The molecule has 7 nitrogen and oxygen atoms in total. The lowest BCUT2D eigenvalue weighted by Gasteiger charge is -2.10. The van der Waals surface area contributed by atoms with Crippen LogP contribution in [0.4, 0.5) is 11.4 Å². The number of anilines is 2. The van der Waals surface area contributed by atoms with E-state index >= 15 is 0 Å². The first kappa shape index (κ1) is 15.1. The zero-order chi connectivity index (χ0) is 15.6. The van der Waals surface area contributed by atoms with Gasteiger partial charge in [-0.05, 0) is 12.1 Å². The number of H-pyrrole nitrogens is 1. The Morgan fingerprint density at radius 1 is 1.29 bits per heavy atom. The highest BCUT2D eigenvalue weighted by Crippen LogP contribution is 2.32. The van der Waals surface area contributed by atoms with E-state index in [9.17, 15) is 14.4 Å². The van der Waals surface area contributed by atoms with Crippen molar-refractivity contribution >= 4 is 40.5 Å². The van der Waals surface area contributed by atoms with Crippen LogP contribution in [0, 0.1) is 0 Å². The second-order valence-electron chi connectivity index (χ2n) is 4.15. The van der Waals surface area contributed by atoms with Crippen LogP contribution in [0.2, 0.25) is 10.0 Å². The van der Waals surface area contributed by atoms with E-state index < -0.39 is 17.2 Å². The fraction of sp³-hybridized carbons (Fsp3) is 0.0833. The van der Waals surface area contributed by atoms with Gasteiger partial charge in [-0.15, -0.1) is 0 Å². The molecule has 1 heterocycles. The number of aromatic amines is 1. The number of carbonyl (C=O) groups is 1. The zero-order valence-electron chi connectivity index (χ0n) is 10.5. The molecule has 4 N–H and O–H groups in total. The number of nitrogens with zero attached hydrogens (tertiary/aromatic N) is 1. The summed E-state index contributed by atoms with van der Waals surface area (Å²) in [7, 11) is 0. The van der Waals surface area contributed by atoms with Gasteiger partial charge in [0.2, 0.25) is 5.91 Å². The van der Waals surface area contributed by atoms with Crippen molar-refractivity contribution in [3.05, 3.63) is 55.3 Å². The Morgan fingerprint density at radius 2 is 1.90 bits per heavy atom. The molecule has 1 amide bonds. The van der Waals surface area contributed by atoms with Crippen LogP contribution in [0.5, 0.6) is 0 Å². The summed E-state index contributed by atoms with van der Waals surface area (Å²) in [5.41, 5.74) is 4.89. The quantitative estimate of drug-likeness (QED) is 0.732. The van der Waals surface area contributed by atoms with Crippen molar-refractivity contribution in [3.8, 4) is 0 Å². The van der Waals surface area contributed by atoms with E-state index in [-0.39, 0.29) is 22.3 Å². The summed E-state index contributed by atoms with van der Waals surface area (Å²) >= 11 is 11.9. The lowest BCUT2D eigenvalue weighted by atomic mass is 10.3. The SMILES string of the molecule is Nc1cc(Cl)c(NC(=O)Cn2ccc(=O)[nH]c2=O)c(Cl)c1. The molecule has 0 fully saturated rings. The Kier molecular flexibility index (Phi) is 4.35. The van der Waals surface area contributed by atoms with Crippen molar-refractivity contribution in [1.82, 2.24) is 9.55 Å². The molecular weight excluding hydrogens is 319 g/mol. The number of nitrogens with two attached hydrogens (primary N) is 1. The topological polar surface area (TPSA) is 110 Å². The fourth-order valence-electron chi connectivity index (χ4n) is 1.61. The van der Waals surface area contributed by atoms with Gasteiger partial charge in [-0.2, -0.15) is 0 Å². The van der Waals surface area contributed by atoms with Crippen LogP contribution in [0.25, 0.3) is 0 Å². The van der Waals surface area contributed by atoms with Crippen LogP contribution in [0.15, 0.2) is 34.0 Å². The average Bonchev–Trinajstić information content (AvgIpc) is 2.37. The van der Waals surface area contributed by atoms with Crippen molar-refractivity contribution in [2.75, 3.05) is 11.1 Å². The van der Waals surface area contributed by atoms with Crippen molar-refractivity contribution in [3.63, 3.8) is 0 Å². The van der Waals surface area contributed by atoms with Gasteiger partial charge < -0.3 is 11.1 Å². The maximum Gasteiger partial charge on any atom is 0.328 e. The summed E-state index contributed by atoms with van der Waals surface area (Å²) < 4.78 is 1.04. The normalized spacial score (nSPS) is 10.4.